The monoisotopic (exact) mass is 465 g/mol. The normalized spacial score (nSPS) is 16.4. The minimum atomic E-state index is 0.675. The lowest BCUT2D eigenvalue weighted by Crippen LogP contribution is -2.23. The maximum absolute atomic E-state index is 4.16. The highest BCUT2D eigenvalue weighted by Gasteiger charge is 2.26. The van der Waals surface area contributed by atoms with Gasteiger partial charge in [-0.3, -0.25) is 4.98 Å². The van der Waals surface area contributed by atoms with Crippen molar-refractivity contribution >= 4 is 0 Å². The van der Waals surface area contributed by atoms with Crippen LogP contribution in [0.15, 0.2) is 85.9 Å². The molecule has 1 fully saturated rings. The Hall–Kier alpha value is -2.39. The molecular formula is C31H51N3. The SMILES string of the molecule is C=C(/C=C\C=C/C)CN1CC(C(C)C)CC1=C.C=CCC(C)CN(C)Cc1ccncc1.CC. The molecule has 1 aliphatic heterocycles. The average Bonchev–Trinajstić information content (AvgIpc) is 3.17. The molecule has 2 rings (SSSR count). The van der Waals surface area contributed by atoms with Gasteiger partial charge in [0.15, 0.2) is 0 Å². The predicted molar refractivity (Wildman–Crippen MR) is 153 cm³/mol. The van der Waals surface area contributed by atoms with E-state index in [-0.39, 0.29) is 0 Å². The summed E-state index contributed by atoms with van der Waals surface area (Å²) < 4.78 is 0. The molecule has 3 nitrogen and oxygen atoms in total. The minimum absolute atomic E-state index is 0.675. The van der Waals surface area contributed by atoms with E-state index in [0.717, 1.165) is 56.4 Å². The van der Waals surface area contributed by atoms with Crippen molar-refractivity contribution in [2.24, 2.45) is 17.8 Å². The second-order valence-electron chi connectivity index (χ2n) is 9.38. The van der Waals surface area contributed by atoms with Gasteiger partial charge in [0.2, 0.25) is 0 Å². The van der Waals surface area contributed by atoms with E-state index in [2.05, 4.69) is 80.5 Å². The maximum atomic E-state index is 4.16. The second kappa shape index (κ2) is 19.0. The van der Waals surface area contributed by atoms with E-state index in [4.69, 9.17) is 0 Å². The summed E-state index contributed by atoms with van der Waals surface area (Å²) in [4.78, 5) is 8.72. The summed E-state index contributed by atoms with van der Waals surface area (Å²) >= 11 is 0. The molecule has 2 atom stereocenters. The zero-order valence-electron chi connectivity index (χ0n) is 23.1. The number of nitrogens with zero attached hydrogens (tertiary/aromatic N) is 3. The number of hydrogen-bond donors (Lipinski definition) is 0. The summed E-state index contributed by atoms with van der Waals surface area (Å²) in [6, 6.07) is 4.13. The van der Waals surface area contributed by atoms with Crippen molar-refractivity contribution in [2.75, 3.05) is 26.7 Å². The van der Waals surface area contributed by atoms with E-state index in [9.17, 15) is 0 Å². The Morgan fingerprint density at radius 2 is 1.85 bits per heavy atom. The standard InChI is InChI=1S/C16H25N.C13H20N2.C2H6/c1-6-7-8-9-14(4)11-17-12-16(13(2)3)10-15(17)5;1-4-5-12(2)10-15(3)11-13-6-8-14-9-7-13;1-2/h6-9,13,16H,4-5,10-12H2,1-3H3;4,6-9,12H,1,5,10-11H2,2-3H3;1-2H3/b7-6-,9-8-;;. The minimum Gasteiger partial charge on any atom is -0.371 e. The first-order valence-electron chi connectivity index (χ1n) is 12.8. The van der Waals surface area contributed by atoms with Gasteiger partial charge in [-0.05, 0) is 67.8 Å². The lowest BCUT2D eigenvalue weighted by atomic mass is 9.95. The predicted octanol–water partition coefficient (Wildman–Crippen LogP) is 7.92. The Kier molecular flexibility index (Phi) is 17.6. The lowest BCUT2D eigenvalue weighted by molar-refractivity contribution is 0.279. The molecule has 1 aromatic heterocycles. The van der Waals surface area contributed by atoms with Gasteiger partial charge in [-0.2, -0.15) is 0 Å². The van der Waals surface area contributed by atoms with Crippen molar-refractivity contribution in [3.8, 4) is 0 Å². The highest BCUT2D eigenvalue weighted by Crippen LogP contribution is 2.30. The molecule has 0 amide bonds. The van der Waals surface area contributed by atoms with Crippen LogP contribution in [0.1, 0.15) is 59.9 Å². The number of pyridine rings is 1. The van der Waals surface area contributed by atoms with Gasteiger partial charge in [0.25, 0.3) is 0 Å². The Labute approximate surface area is 211 Å². The number of likely N-dealkylation sites (tertiary alicyclic amines) is 1. The van der Waals surface area contributed by atoms with Gasteiger partial charge in [-0.25, -0.2) is 0 Å². The molecule has 0 aromatic carbocycles. The summed E-state index contributed by atoms with van der Waals surface area (Å²) in [5.74, 6) is 2.17. The van der Waals surface area contributed by atoms with Gasteiger partial charge in [-0.1, -0.05) is 78.2 Å². The van der Waals surface area contributed by atoms with Crippen LogP contribution in [-0.4, -0.2) is 41.5 Å². The maximum Gasteiger partial charge on any atom is 0.0420 e. The van der Waals surface area contributed by atoms with Gasteiger partial charge >= 0.3 is 0 Å². The molecule has 1 aromatic rings. The molecule has 1 aliphatic rings. The first-order chi connectivity index (χ1) is 16.3. The fraction of sp³-hybridized carbons (Fsp3) is 0.516. The van der Waals surface area contributed by atoms with E-state index >= 15 is 0 Å². The first kappa shape index (κ1) is 31.6. The van der Waals surface area contributed by atoms with Crippen molar-refractivity contribution in [3.05, 3.63) is 91.5 Å². The molecule has 0 spiro atoms. The molecule has 0 radical (unpaired) electrons. The van der Waals surface area contributed by atoms with Gasteiger partial charge in [0.1, 0.15) is 0 Å². The zero-order chi connectivity index (χ0) is 25.9. The smallest absolute Gasteiger partial charge is 0.0420 e. The molecule has 3 heteroatoms. The highest BCUT2D eigenvalue weighted by molar-refractivity contribution is 5.22. The molecule has 1 saturated heterocycles. The van der Waals surface area contributed by atoms with Gasteiger partial charge in [0.05, 0.1) is 0 Å². The Morgan fingerprint density at radius 1 is 1.21 bits per heavy atom. The van der Waals surface area contributed by atoms with Crippen LogP contribution in [0, 0.1) is 17.8 Å². The largest absolute Gasteiger partial charge is 0.371 e. The molecule has 2 unspecified atom stereocenters. The summed E-state index contributed by atoms with van der Waals surface area (Å²) in [5.41, 5.74) is 3.73. The molecule has 34 heavy (non-hydrogen) atoms. The van der Waals surface area contributed by atoms with Crippen LogP contribution in [-0.2, 0) is 6.54 Å². The molecule has 0 N–H and O–H groups in total. The quantitative estimate of drug-likeness (QED) is 0.244. The van der Waals surface area contributed by atoms with E-state index in [1.54, 1.807) is 0 Å². The van der Waals surface area contributed by atoms with E-state index in [0.29, 0.717) is 5.92 Å². The summed E-state index contributed by atoms with van der Waals surface area (Å²) in [5, 5.41) is 0. The van der Waals surface area contributed by atoms with Crippen LogP contribution in [0.25, 0.3) is 0 Å². The van der Waals surface area contributed by atoms with Crippen molar-refractivity contribution in [1.82, 2.24) is 14.8 Å². The highest BCUT2D eigenvalue weighted by atomic mass is 15.2. The van der Waals surface area contributed by atoms with Crippen LogP contribution >= 0.6 is 0 Å². The Balaban J connectivity index is 0.000000601. The fourth-order valence-corrected chi connectivity index (χ4v) is 3.89. The van der Waals surface area contributed by atoms with E-state index in [1.165, 1.54) is 11.3 Å². The number of aromatic nitrogens is 1. The summed E-state index contributed by atoms with van der Waals surface area (Å²) in [6.07, 6.45) is 16.1. The van der Waals surface area contributed by atoms with Crippen LogP contribution in [0.3, 0.4) is 0 Å². The van der Waals surface area contributed by atoms with Crippen LogP contribution in [0.2, 0.25) is 0 Å². The Bertz CT molecular complexity index is 745. The van der Waals surface area contributed by atoms with Gasteiger partial charge < -0.3 is 9.80 Å². The number of hydrogen-bond acceptors (Lipinski definition) is 3. The lowest BCUT2D eigenvalue weighted by Gasteiger charge is -2.20. The van der Waals surface area contributed by atoms with Gasteiger partial charge in [0, 0.05) is 44.3 Å². The second-order valence-corrected chi connectivity index (χ2v) is 9.38. The molecule has 0 aliphatic carbocycles. The van der Waals surface area contributed by atoms with Gasteiger partial charge in [-0.15, -0.1) is 6.58 Å². The van der Waals surface area contributed by atoms with E-state index < -0.39 is 0 Å². The van der Waals surface area contributed by atoms with E-state index in [1.807, 2.05) is 57.5 Å². The topological polar surface area (TPSA) is 19.4 Å². The van der Waals surface area contributed by atoms with Crippen LogP contribution < -0.4 is 0 Å². The molecule has 190 valence electrons. The average molecular weight is 466 g/mol. The summed E-state index contributed by atoms with van der Waals surface area (Å²) in [6.45, 7) is 29.0. The van der Waals surface area contributed by atoms with Crippen molar-refractivity contribution in [2.45, 2.75) is 60.9 Å². The third kappa shape index (κ3) is 14.0. The molecule has 2 heterocycles. The fourth-order valence-electron chi connectivity index (χ4n) is 3.89. The molecule has 0 bridgehead atoms. The summed E-state index contributed by atoms with van der Waals surface area (Å²) in [7, 11) is 2.15. The zero-order valence-corrected chi connectivity index (χ0v) is 23.1. The molecular weight excluding hydrogens is 414 g/mol. The number of rotatable bonds is 11. The first-order valence-corrected chi connectivity index (χ1v) is 12.8. The third-order valence-corrected chi connectivity index (χ3v) is 5.77. The van der Waals surface area contributed by atoms with Crippen molar-refractivity contribution in [3.63, 3.8) is 0 Å². The van der Waals surface area contributed by atoms with Crippen LogP contribution in [0.5, 0.6) is 0 Å². The Morgan fingerprint density at radius 3 is 2.38 bits per heavy atom. The van der Waals surface area contributed by atoms with Crippen molar-refractivity contribution in [1.29, 1.82) is 0 Å². The third-order valence-electron chi connectivity index (χ3n) is 5.77. The van der Waals surface area contributed by atoms with Crippen molar-refractivity contribution < 1.29 is 0 Å². The molecule has 0 saturated carbocycles. The van der Waals surface area contributed by atoms with Crippen LogP contribution in [0.4, 0.5) is 0 Å². The number of allylic oxidation sites excluding steroid dienone is 5.